The van der Waals surface area contributed by atoms with Gasteiger partial charge in [-0.05, 0) is 30.7 Å². The Morgan fingerprint density at radius 3 is 2.37 bits per heavy atom. The lowest BCUT2D eigenvalue weighted by molar-refractivity contribution is -0.140. The van der Waals surface area contributed by atoms with E-state index in [2.05, 4.69) is 5.32 Å². The number of carbonyl (C=O) groups is 3. The van der Waals surface area contributed by atoms with Crippen molar-refractivity contribution in [2.75, 3.05) is 12.1 Å². The van der Waals surface area contributed by atoms with Crippen LogP contribution in [0.25, 0.3) is 0 Å². The third-order valence-corrected chi connectivity index (χ3v) is 4.13. The largest absolute Gasteiger partial charge is 0.481 e. The number of rotatable bonds is 6. The number of ether oxygens (including phenoxy) is 2. The molecule has 0 saturated carbocycles. The zero-order valence-corrected chi connectivity index (χ0v) is 14.3. The summed E-state index contributed by atoms with van der Waals surface area (Å²) in [7, 11) is 0. The van der Waals surface area contributed by atoms with Crippen molar-refractivity contribution in [1.29, 1.82) is 0 Å². The molecule has 2 aromatic rings. The minimum Gasteiger partial charge on any atom is -0.481 e. The first-order chi connectivity index (χ1) is 12.8. The Labute approximate surface area is 153 Å². The Balaban J connectivity index is 1.81. The van der Waals surface area contributed by atoms with Gasteiger partial charge in [0.15, 0.2) is 17.3 Å². The van der Waals surface area contributed by atoms with Crippen LogP contribution in [0.4, 0.5) is 10.1 Å². The zero-order chi connectivity index (χ0) is 19.6. The molecule has 0 radical (unpaired) electrons. The van der Waals surface area contributed by atoms with E-state index in [1.54, 1.807) is 0 Å². The van der Waals surface area contributed by atoms with E-state index < -0.39 is 23.6 Å². The summed E-state index contributed by atoms with van der Waals surface area (Å²) in [6.07, 6.45) is -0.382. The topological polar surface area (TPSA) is 102 Å². The summed E-state index contributed by atoms with van der Waals surface area (Å²) in [6, 6.07) is 7.84. The average Bonchev–Trinajstić information content (AvgIpc) is 3.07. The highest BCUT2D eigenvalue weighted by atomic mass is 19.1. The van der Waals surface area contributed by atoms with Gasteiger partial charge in [-0.2, -0.15) is 0 Å². The molecule has 1 atom stereocenters. The number of ketones is 1. The van der Waals surface area contributed by atoms with E-state index in [9.17, 15) is 23.9 Å². The van der Waals surface area contributed by atoms with Crippen molar-refractivity contribution in [3.8, 4) is 11.5 Å². The maximum Gasteiger partial charge on any atom is 0.311 e. The average molecular weight is 373 g/mol. The smallest absolute Gasteiger partial charge is 0.311 e. The van der Waals surface area contributed by atoms with Gasteiger partial charge in [-0.25, -0.2) is 4.39 Å². The predicted octanol–water partition coefficient (Wildman–Crippen LogP) is 2.95. The van der Waals surface area contributed by atoms with E-state index in [1.807, 2.05) is 0 Å². The third-order valence-electron chi connectivity index (χ3n) is 4.13. The molecule has 0 saturated heterocycles. The molecule has 0 aromatic heterocycles. The maximum absolute atomic E-state index is 13.0. The first kappa shape index (κ1) is 18.4. The Kier molecular flexibility index (Phi) is 5.07. The first-order valence-corrected chi connectivity index (χ1v) is 8.08. The summed E-state index contributed by atoms with van der Waals surface area (Å²) in [4.78, 5) is 35.8. The number of anilines is 1. The number of hydrogen-bond acceptors (Lipinski definition) is 5. The van der Waals surface area contributed by atoms with Crippen LogP contribution in [0.3, 0.4) is 0 Å². The Morgan fingerprint density at radius 2 is 1.78 bits per heavy atom. The fourth-order valence-electron chi connectivity index (χ4n) is 2.77. The molecule has 0 bridgehead atoms. The van der Waals surface area contributed by atoms with E-state index in [0.29, 0.717) is 17.1 Å². The third kappa shape index (κ3) is 4.05. The van der Waals surface area contributed by atoms with Gasteiger partial charge in [0.05, 0.1) is 11.6 Å². The number of carbonyl (C=O) groups excluding carboxylic acids is 2. The van der Waals surface area contributed by atoms with E-state index >= 15 is 0 Å². The minimum atomic E-state index is -1.21. The van der Waals surface area contributed by atoms with Crippen molar-refractivity contribution < 1.29 is 33.4 Å². The van der Waals surface area contributed by atoms with Crippen LogP contribution in [0.5, 0.6) is 11.5 Å². The van der Waals surface area contributed by atoms with Gasteiger partial charge in [-0.1, -0.05) is 12.1 Å². The molecule has 2 aromatic carbocycles. The van der Waals surface area contributed by atoms with Crippen molar-refractivity contribution in [3.05, 3.63) is 53.3 Å². The predicted molar refractivity (Wildman–Crippen MR) is 92.6 cm³/mol. The molecule has 1 unspecified atom stereocenters. The number of amides is 1. The fraction of sp³-hybridized carbons (Fsp3) is 0.211. The highest BCUT2D eigenvalue weighted by Gasteiger charge is 2.25. The molecule has 0 fully saturated rings. The van der Waals surface area contributed by atoms with E-state index in [0.717, 1.165) is 12.1 Å². The Hall–Kier alpha value is -3.42. The number of aliphatic carboxylic acids is 1. The number of Topliss-reactive ketones (excluding diaryl/α,β-unsaturated/α-hetero) is 1. The molecule has 1 aliphatic rings. The molecule has 140 valence electrons. The number of fused-ring (bicyclic) bond motifs is 1. The lowest BCUT2D eigenvalue weighted by Gasteiger charge is -2.14. The van der Waals surface area contributed by atoms with Crippen LogP contribution in [-0.2, 0) is 9.59 Å². The molecular formula is C19H16FNO6. The van der Waals surface area contributed by atoms with Crippen LogP contribution in [0, 0.1) is 5.82 Å². The molecule has 1 amide bonds. The number of carboxylic acids is 1. The van der Waals surface area contributed by atoms with Crippen LogP contribution in [0.15, 0.2) is 36.4 Å². The molecule has 27 heavy (non-hydrogen) atoms. The highest BCUT2D eigenvalue weighted by molar-refractivity contribution is 6.05. The molecule has 0 spiro atoms. The molecule has 1 aliphatic heterocycles. The molecule has 1 heterocycles. The maximum atomic E-state index is 13.0. The van der Waals surface area contributed by atoms with Crippen molar-refractivity contribution >= 4 is 23.3 Å². The second-order valence-electron chi connectivity index (χ2n) is 6.00. The fourth-order valence-corrected chi connectivity index (χ4v) is 2.77. The summed E-state index contributed by atoms with van der Waals surface area (Å²) < 4.78 is 23.5. The summed E-state index contributed by atoms with van der Waals surface area (Å²) in [6.45, 7) is 1.35. The quantitative estimate of drug-likeness (QED) is 0.755. The van der Waals surface area contributed by atoms with Crippen molar-refractivity contribution in [3.63, 3.8) is 0 Å². The standard InChI is InChI=1S/C19H16FNO6/c1-10(22)13-6-16-17(27-9-26-16)8-15(13)21-18(23)7-14(19(24)25)11-2-4-12(20)5-3-11/h2-6,8,14H,7,9H2,1H3,(H,21,23)(H,24,25). The number of carboxylic acid groups (broad SMARTS) is 1. The Bertz CT molecular complexity index is 909. The van der Waals surface area contributed by atoms with Gasteiger partial charge in [0.1, 0.15) is 5.82 Å². The van der Waals surface area contributed by atoms with Crippen molar-refractivity contribution in [1.82, 2.24) is 0 Å². The normalized spacial score (nSPS) is 13.1. The van der Waals surface area contributed by atoms with Crippen molar-refractivity contribution in [2.24, 2.45) is 0 Å². The highest BCUT2D eigenvalue weighted by Crippen LogP contribution is 2.37. The van der Waals surface area contributed by atoms with Crippen LogP contribution in [-0.4, -0.2) is 29.6 Å². The van der Waals surface area contributed by atoms with Gasteiger partial charge >= 0.3 is 5.97 Å². The summed E-state index contributed by atoms with van der Waals surface area (Å²) in [5, 5.41) is 12.0. The van der Waals surface area contributed by atoms with E-state index in [1.165, 1.54) is 31.2 Å². The number of halogens is 1. The minimum absolute atomic E-state index is 0.00966. The van der Waals surface area contributed by atoms with Crippen LogP contribution in [0.2, 0.25) is 0 Å². The molecular weight excluding hydrogens is 357 g/mol. The van der Waals surface area contributed by atoms with Gasteiger partial charge in [0, 0.05) is 18.1 Å². The molecule has 2 N–H and O–H groups in total. The van der Waals surface area contributed by atoms with Crippen LogP contribution in [0.1, 0.15) is 35.2 Å². The molecule has 0 aliphatic carbocycles. The Morgan fingerprint density at radius 1 is 1.15 bits per heavy atom. The van der Waals surface area contributed by atoms with Crippen LogP contribution >= 0.6 is 0 Å². The van der Waals surface area contributed by atoms with Gasteiger partial charge in [0.25, 0.3) is 0 Å². The second kappa shape index (κ2) is 7.45. The molecule has 8 heteroatoms. The van der Waals surface area contributed by atoms with E-state index in [4.69, 9.17) is 9.47 Å². The van der Waals surface area contributed by atoms with Gasteiger partial charge in [-0.3, -0.25) is 14.4 Å². The second-order valence-corrected chi connectivity index (χ2v) is 6.00. The molecule has 7 nitrogen and oxygen atoms in total. The SMILES string of the molecule is CC(=O)c1cc2c(cc1NC(=O)CC(C(=O)O)c1ccc(F)cc1)OCO2. The zero-order valence-electron chi connectivity index (χ0n) is 14.3. The van der Waals surface area contributed by atoms with Gasteiger partial charge < -0.3 is 19.9 Å². The van der Waals surface area contributed by atoms with Crippen molar-refractivity contribution in [2.45, 2.75) is 19.3 Å². The van der Waals surface area contributed by atoms with Crippen LogP contribution < -0.4 is 14.8 Å². The first-order valence-electron chi connectivity index (χ1n) is 8.08. The lowest BCUT2D eigenvalue weighted by atomic mass is 9.95. The number of nitrogens with one attached hydrogen (secondary N) is 1. The molecule has 3 rings (SSSR count). The summed E-state index contributed by atoms with van der Waals surface area (Å²) >= 11 is 0. The summed E-state index contributed by atoms with van der Waals surface area (Å²) in [5.41, 5.74) is 0.734. The lowest BCUT2D eigenvalue weighted by Crippen LogP contribution is -2.21. The monoisotopic (exact) mass is 373 g/mol. The number of hydrogen-bond donors (Lipinski definition) is 2. The number of benzene rings is 2. The van der Waals surface area contributed by atoms with Gasteiger partial charge in [-0.15, -0.1) is 0 Å². The van der Waals surface area contributed by atoms with E-state index in [-0.39, 0.29) is 30.2 Å². The summed E-state index contributed by atoms with van der Waals surface area (Å²) in [5.74, 6) is -2.99. The van der Waals surface area contributed by atoms with Gasteiger partial charge in [0.2, 0.25) is 12.7 Å².